The van der Waals surface area contributed by atoms with Gasteiger partial charge in [-0.1, -0.05) is 12.1 Å². The van der Waals surface area contributed by atoms with Crippen molar-refractivity contribution in [3.05, 3.63) is 41.7 Å². The van der Waals surface area contributed by atoms with Gasteiger partial charge in [-0.3, -0.25) is 9.48 Å². The summed E-state index contributed by atoms with van der Waals surface area (Å²) in [5, 5.41) is 7.60. The topological polar surface area (TPSA) is 69.0 Å². The maximum absolute atomic E-state index is 12.3. The van der Waals surface area contributed by atoms with Gasteiger partial charge in [-0.2, -0.15) is 5.10 Å². The van der Waals surface area contributed by atoms with Gasteiger partial charge in [0.25, 0.3) is 5.91 Å². The van der Waals surface area contributed by atoms with E-state index in [1.165, 1.54) is 11.3 Å². The van der Waals surface area contributed by atoms with Gasteiger partial charge >= 0.3 is 0 Å². The predicted octanol–water partition coefficient (Wildman–Crippen LogP) is 2.71. The van der Waals surface area contributed by atoms with Gasteiger partial charge in [-0.05, 0) is 18.6 Å². The number of carbonyl (C=O) groups is 1. The summed E-state index contributed by atoms with van der Waals surface area (Å²) in [5.74, 6) is -0.205. The number of aromatic nitrogens is 3. The molecule has 1 N–H and O–H groups in total. The number of nitrogens with zero attached hydrogens (tertiary/aromatic N) is 3. The number of amides is 1. The quantitative estimate of drug-likeness (QED) is 0.807. The molecule has 1 amide bonds. The standard InChI is InChI=1S/C15H14N4O2S/c20-14(15-18-12-3-1-2-4-13(12)22-15)17-10-7-16-19(8-10)11-5-6-21-9-11/h1-4,7-8,11H,5-6,9H2,(H,17,20). The first-order chi connectivity index (χ1) is 10.8. The number of para-hydroxylation sites is 1. The smallest absolute Gasteiger partial charge is 0.284 e. The first-order valence-corrected chi connectivity index (χ1v) is 7.90. The van der Waals surface area contributed by atoms with Crippen LogP contribution < -0.4 is 5.32 Å². The number of nitrogens with one attached hydrogen (secondary N) is 1. The minimum Gasteiger partial charge on any atom is -0.379 e. The van der Waals surface area contributed by atoms with Gasteiger partial charge in [-0.25, -0.2) is 4.98 Å². The number of benzene rings is 1. The monoisotopic (exact) mass is 314 g/mol. The molecule has 6 nitrogen and oxygen atoms in total. The van der Waals surface area contributed by atoms with E-state index in [0.717, 1.165) is 23.2 Å². The Kier molecular flexibility index (Phi) is 3.36. The molecule has 7 heteroatoms. The highest BCUT2D eigenvalue weighted by Gasteiger charge is 2.19. The number of fused-ring (bicyclic) bond motifs is 1. The van der Waals surface area contributed by atoms with Crippen LogP contribution in [-0.2, 0) is 4.74 Å². The van der Waals surface area contributed by atoms with Crippen LogP contribution in [-0.4, -0.2) is 33.9 Å². The van der Waals surface area contributed by atoms with E-state index in [4.69, 9.17) is 4.74 Å². The average Bonchev–Trinajstić information content (AvgIpc) is 3.26. The summed E-state index contributed by atoms with van der Waals surface area (Å²) in [6.07, 6.45) is 4.45. The number of anilines is 1. The molecule has 1 atom stereocenters. The van der Waals surface area contributed by atoms with E-state index in [-0.39, 0.29) is 11.9 Å². The second-order valence-electron chi connectivity index (χ2n) is 5.17. The van der Waals surface area contributed by atoms with Gasteiger partial charge in [0.05, 0.1) is 34.7 Å². The minimum atomic E-state index is -0.205. The number of carbonyl (C=O) groups excluding carboxylic acids is 1. The molecule has 0 aliphatic carbocycles. The highest BCUT2D eigenvalue weighted by atomic mass is 32.1. The maximum Gasteiger partial charge on any atom is 0.284 e. The third kappa shape index (κ3) is 2.49. The fourth-order valence-corrected chi connectivity index (χ4v) is 3.35. The second kappa shape index (κ2) is 5.51. The lowest BCUT2D eigenvalue weighted by atomic mass is 10.3. The normalized spacial score (nSPS) is 17.9. The molecule has 0 bridgehead atoms. The molecule has 0 saturated carbocycles. The summed E-state index contributed by atoms with van der Waals surface area (Å²) >= 11 is 1.39. The summed E-state index contributed by atoms with van der Waals surface area (Å²) < 4.78 is 8.20. The van der Waals surface area contributed by atoms with Crippen molar-refractivity contribution in [1.82, 2.24) is 14.8 Å². The Bertz CT molecular complexity index is 787. The first kappa shape index (κ1) is 13.4. The second-order valence-corrected chi connectivity index (χ2v) is 6.20. The Balaban J connectivity index is 1.51. The third-order valence-corrected chi connectivity index (χ3v) is 4.66. The predicted molar refractivity (Wildman–Crippen MR) is 84.3 cm³/mol. The minimum absolute atomic E-state index is 0.205. The van der Waals surface area contributed by atoms with Crippen molar-refractivity contribution < 1.29 is 9.53 Å². The van der Waals surface area contributed by atoms with Crippen molar-refractivity contribution in [2.45, 2.75) is 12.5 Å². The zero-order chi connectivity index (χ0) is 14.9. The number of hydrogen-bond acceptors (Lipinski definition) is 5. The van der Waals surface area contributed by atoms with Crippen molar-refractivity contribution in [3.63, 3.8) is 0 Å². The number of thiazole rings is 1. The van der Waals surface area contributed by atoms with Crippen LogP contribution >= 0.6 is 11.3 Å². The maximum atomic E-state index is 12.3. The summed E-state index contributed by atoms with van der Waals surface area (Å²) in [6, 6.07) is 7.98. The molecular formula is C15H14N4O2S. The number of hydrogen-bond donors (Lipinski definition) is 1. The van der Waals surface area contributed by atoms with E-state index in [1.807, 2.05) is 35.1 Å². The molecule has 22 heavy (non-hydrogen) atoms. The lowest BCUT2D eigenvalue weighted by Crippen LogP contribution is -2.11. The van der Waals surface area contributed by atoms with Gasteiger partial charge in [0.2, 0.25) is 0 Å². The Hall–Kier alpha value is -2.25. The Labute approximate surface area is 130 Å². The zero-order valence-corrected chi connectivity index (χ0v) is 12.5. The molecule has 4 rings (SSSR count). The fourth-order valence-electron chi connectivity index (χ4n) is 2.49. The molecule has 1 aliphatic rings. The van der Waals surface area contributed by atoms with E-state index in [1.54, 1.807) is 6.20 Å². The molecule has 1 aliphatic heterocycles. The highest BCUT2D eigenvalue weighted by molar-refractivity contribution is 7.20. The molecule has 1 saturated heterocycles. The molecular weight excluding hydrogens is 300 g/mol. The van der Waals surface area contributed by atoms with Gasteiger partial charge in [0.15, 0.2) is 5.01 Å². The van der Waals surface area contributed by atoms with Crippen LogP contribution in [0, 0.1) is 0 Å². The first-order valence-electron chi connectivity index (χ1n) is 7.08. The van der Waals surface area contributed by atoms with Crippen molar-refractivity contribution in [3.8, 4) is 0 Å². The van der Waals surface area contributed by atoms with Crippen LogP contribution in [0.25, 0.3) is 10.2 Å². The Morgan fingerprint density at radius 2 is 2.32 bits per heavy atom. The summed E-state index contributed by atoms with van der Waals surface area (Å²) in [7, 11) is 0. The molecule has 0 radical (unpaired) electrons. The molecule has 1 aromatic carbocycles. The van der Waals surface area contributed by atoms with Crippen LogP contribution in [0.5, 0.6) is 0 Å². The molecule has 0 spiro atoms. The molecule has 3 heterocycles. The van der Waals surface area contributed by atoms with Crippen molar-refractivity contribution >= 4 is 33.1 Å². The summed E-state index contributed by atoms with van der Waals surface area (Å²) in [4.78, 5) is 16.6. The van der Waals surface area contributed by atoms with Gasteiger partial charge in [-0.15, -0.1) is 11.3 Å². The van der Waals surface area contributed by atoms with Crippen LogP contribution in [0.2, 0.25) is 0 Å². The Morgan fingerprint density at radius 1 is 1.41 bits per heavy atom. The molecule has 3 aromatic rings. The van der Waals surface area contributed by atoms with Crippen LogP contribution in [0.4, 0.5) is 5.69 Å². The van der Waals surface area contributed by atoms with Crippen LogP contribution in [0.3, 0.4) is 0 Å². The van der Waals surface area contributed by atoms with E-state index in [0.29, 0.717) is 17.3 Å². The molecule has 2 aromatic heterocycles. The summed E-state index contributed by atoms with van der Waals surface area (Å²) in [5.41, 5.74) is 1.52. The highest BCUT2D eigenvalue weighted by Crippen LogP contribution is 2.23. The lowest BCUT2D eigenvalue weighted by Gasteiger charge is -2.06. The van der Waals surface area contributed by atoms with E-state index in [9.17, 15) is 4.79 Å². The fraction of sp³-hybridized carbons (Fsp3) is 0.267. The SMILES string of the molecule is O=C(Nc1cnn(C2CCOC2)c1)c1nc2ccccc2s1. The van der Waals surface area contributed by atoms with Gasteiger partial charge in [0.1, 0.15) is 0 Å². The zero-order valence-electron chi connectivity index (χ0n) is 11.7. The average molecular weight is 314 g/mol. The summed E-state index contributed by atoms with van der Waals surface area (Å²) in [6.45, 7) is 1.44. The molecule has 112 valence electrons. The number of rotatable bonds is 3. The van der Waals surface area contributed by atoms with Crippen LogP contribution in [0.15, 0.2) is 36.7 Å². The lowest BCUT2D eigenvalue weighted by molar-refractivity contribution is 0.102. The van der Waals surface area contributed by atoms with Gasteiger partial charge in [0, 0.05) is 12.8 Å². The number of ether oxygens (including phenoxy) is 1. The van der Waals surface area contributed by atoms with Crippen molar-refractivity contribution in [1.29, 1.82) is 0 Å². The van der Waals surface area contributed by atoms with Gasteiger partial charge < -0.3 is 10.1 Å². The third-order valence-electron chi connectivity index (χ3n) is 3.63. The van der Waals surface area contributed by atoms with Crippen LogP contribution in [0.1, 0.15) is 22.3 Å². The van der Waals surface area contributed by atoms with E-state index >= 15 is 0 Å². The van der Waals surface area contributed by atoms with E-state index < -0.39 is 0 Å². The van der Waals surface area contributed by atoms with E-state index in [2.05, 4.69) is 15.4 Å². The van der Waals surface area contributed by atoms with Crippen molar-refractivity contribution in [2.75, 3.05) is 18.5 Å². The molecule has 1 unspecified atom stereocenters. The largest absolute Gasteiger partial charge is 0.379 e. The van der Waals surface area contributed by atoms with Crippen molar-refractivity contribution in [2.24, 2.45) is 0 Å². The Morgan fingerprint density at radius 3 is 3.14 bits per heavy atom. The molecule has 1 fully saturated rings.